The van der Waals surface area contributed by atoms with E-state index in [9.17, 15) is 36.0 Å². The highest BCUT2D eigenvalue weighted by Crippen LogP contribution is 2.29. The van der Waals surface area contributed by atoms with Crippen molar-refractivity contribution in [3.8, 4) is 0 Å². The Kier molecular flexibility index (Phi) is 8.99. The van der Waals surface area contributed by atoms with Gasteiger partial charge in [-0.3, -0.25) is 19.3 Å². The van der Waals surface area contributed by atoms with Crippen molar-refractivity contribution >= 4 is 33.9 Å². The zero-order chi connectivity index (χ0) is 26.2. The molecule has 35 heavy (non-hydrogen) atoms. The molecule has 1 aromatic carbocycles. The van der Waals surface area contributed by atoms with Crippen LogP contribution in [0.1, 0.15) is 18.4 Å². The van der Waals surface area contributed by atoms with Crippen molar-refractivity contribution in [3.63, 3.8) is 0 Å². The topological polar surface area (TPSA) is 179 Å². The molecule has 190 valence electrons. The molecule has 0 aliphatic carbocycles. The van der Waals surface area contributed by atoms with Crippen LogP contribution >= 0.6 is 0 Å². The van der Waals surface area contributed by atoms with Gasteiger partial charge in [-0.15, -0.1) is 0 Å². The zero-order valence-electron chi connectivity index (χ0n) is 18.2. The number of guanidine groups is 1. The average molecular weight is 517 g/mol. The predicted molar refractivity (Wildman–Crippen MR) is 121 cm³/mol. The van der Waals surface area contributed by atoms with Crippen LogP contribution in [-0.4, -0.2) is 43.7 Å². The summed E-state index contributed by atoms with van der Waals surface area (Å²) in [7, 11) is -4.39. The number of aromatic nitrogens is 1. The lowest BCUT2D eigenvalue weighted by Gasteiger charge is -2.14. The van der Waals surface area contributed by atoms with Crippen LogP contribution in [0.15, 0.2) is 57.3 Å². The molecular formula is C20H23F3N6O5S. The molecule has 0 saturated carbocycles. The van der Waals surface area contributed by atoms with Gasteiger partial charge >= 0.3 is 6.18 Å². The van der Waals surface area contributed by atoms with Crippen LogP contribution in [-0.2, 0) is 32.3 Å². The summed E-state index contributed by atoms with van der Waals surface area (Å²) in [5.41, 5.74) is 8.06. The lowest BCUT2D eigenvalue weighted by molar-refractivity contribution is -0.137. The Morgan fingerprint density at radius 2 is 1.83 bits per heavy atom. The SMILES string of the molecule is NC(N)=NCCCC(C=O)NC(=O)Cn1cccc(NS(=O)(=O)c2ccc(C(F)(F)F)cc2)c1=O. The molecule has 1 atom stereocenters. The second-order valence-electron chi connectivity index (χ2n) is 7.24. The van der Waals surface area contributed by atoms with Gasteiger partial charge in [0.1, 0.15) is 18.5 Å². The van der Waals surface area contributed by atoms with Crippen molar-refractivity contribution < 1.29 is 31.2 Å². The number of pyridine rings is 1. The molecule has 1 unspecified atom stereocenters. The minimum Gasteiger partial charge on any atom is -0.370 e. The molecule has 0 fully saturated rings. The molecule has 15 heteroatoms. The molecule has 0 aliphatic heterocycles. The molecule has 11 nitrogen and oxygen atoms in total. The number of anilines is 1. The number of nitrogens with two attached hydrogens (primary N) is 2. The second-order valence-corrected chi connectivity index (χ2v) is 8.92. The fourth-order valence-electron chi connectivity index (χ4n) is 2.87. The van der Waals surface area contributed by atoms with Crippen molar-refractivity contribution in [2.75, 3.05) is 11.3 Å². The molecule has 2 aromatic rings. The van der Waals surface area contributed by atoms with Crippen molar-refractivity contribution in [1.82, 2.24) is 9.88 Å². The second kappa shape index (κ2) is 11.5. The van der Waals surface area contributed by atoms with E-state index >= 15 is 0 Å². The van der Waals surface area contributed by atoms with Crippen LogP contribution in [0.2, 0.25) is 0 Å². The maximum atomic E-state index is 12.7. The van der Waals surface area contributed by atoms with E-state index in [2.05, 4.69) is 10.3 Å². The van der Waals surface area contributed by atoms with Gasteiger partial charge in [-0.05, 0) is 49.2 Å². The number of nitrogens with one attached hydrogen (secondary N) is 2. The number of aliphatic imine (C=N–C) groups is 1. The van der Waals surface area contributed by atoms with Crippen molar-refractivity contribution in [2.24, 2.45) is 16.5 Å². The quantitative estimate of drug-likeness (QED) is 0.144. The predicted octanol–water partition coefficient (Wildman–Crippen LogP) is 0.405. The summed E-state index contributed by atoms with van der Waals surface area (Å²) in [6, 6.07) is 4.29. The van der Waals surface area contributed by atoms with Gasteiger partial charge in [-0.25, -0.2) is 8.42 Å². The van der Waals surface area contributed by atoms with Gasteiger partial charge in [-0.1, -0.05) is 0 Å². The van der Waals surface area contributed by atoms with E-state index in [4.69, 9.17) is 11.5 Å². The van der Waals surface area contributed by atoms with Crippen molar-refractivity contribution in [2.45, 2.75) is 36.5 Å². The largest absolute Gasteiger partial charge is 0.416 e. The first-order chi connectivity index (χ1) is 16.3. The highest BCUT2D eigenvalue weighted by molar-refractivity contribution is 7.92. The van der Waals surface area contributed by atoms with E-state index in [1.54, 1.807) is 0 Å². The van der Waals surface area contributed by atoms with Crippen LogP contribution in [0.5, 0.6) is 0 Å². The van der Waals surface area contributed by atoms with Crippen molar-refractivity contribution in [1.29, 1.82) is 0 Å². The van der Waals surface area contributed by atoms with Crippen molar-refractivity contribution in [3.05, 3.63) is 58.5 Å². The third-order valence-corrected chi connectivity index (χ3v) is 5.93. The Morgan fingerprint density at radius 3 is 2.40 bits per heavy atom. The first kappa shape index (κ1) is 27.4. The monoisotopic (exact) mass is 516 g/mol. The Hall–Kier alpha value is -3.88. The smallest absolute Gasteiger partial charge is 0.370 e. The summed E-state index contributed by atoms with van der Waals surface area (Å²) in [5, 5.41) is 2.43. The summed E-state index contributed by atoms with van der Waals surface area (Å²) < 4.78 is 66.0. The molecular weight excluding hydrogens is 493 g/mol. The first-order valence-corrected chi connectivity index (χ1v) is 11.5. The van der Waals surface area contributed by atoms with E-state index in [1.807, 2.05) is 4.72 Å². The molecule has 2 rings (SSSR count). The number of alkyl halides is 3. The molecule has 0 aliphatic rings. The molecule has 1 heterocycles. The highest BCUT2D eigenvalue weighted by Gasteiger charge is 2.30. The number of rotatable bonds is 11. The molecule has 0 bridgehead atoms. The van der Waals surface area contributed by atoms with E-state index in [0.29, 0.717) is 24.8 Å². The number of amides is 1. The molecule has 6 N–H and O–H groups in total. The maximum absolute atomic E-state index is 12.7. The summed E-state index contributed by atoms with van der Waals surface area (Å²) >= 11 is 0. The fourth-order valence-corrected chi connectivity index (χ4v) is 3.92. The number of benzene rings is 1. The van der Waals surface area contributed by atoms with Gasteiger partial charge in [0.05, 0.1) is 16.5 Å². The summed E-state index contributed by atoms with van der Waals surface area (Å²) in [6.45, 7) is -0.268. The van der Waals surface area contributed by atoms with Gasteiger partial charge in [0, 0.05) is 12.7 Å². The molecule has 1 aromatic heterocycles. The zero-order valence-corrected chi connectivity index (χ0v) is 19.0. The minimum atomic E-state index is -4.64. The Morgan fingerprint density at radius 1 is 1.17 bits per heavy atom. The number of carbonyl (C=O) groups is 2. The number of carbonyl (C=O) groups excluding carboxylic acids is 2. The molecule has 0 radical (unpaired) electrons. The third-order valence-electron chi connectivity index (χ3n) is 4.55. The van der Waals surface area contributed by atoms with Crippen LogP contribution in [0.4, 0.5) is 18.9 Å². The van der Waals surface area contributed by atoms with E-state index in [-0.39, 0.29) is 18.9 Å². The van der Waals surface area contributed by atoms with Gasteiger partial charge in [0.2, 0.25) is 5.91 Å². The Balaban J connectivity index is 2.09. The minimum absolute atomic E-state index is 0.107. The highest BCUT2D eigenvalue weighted by atomic mass is 32.2. The molecule has 0 saturated heterocycles. The average Bonchev–Trinajstić information content (AvgIpc) is 2.77. The maximum Gasteiger partial charge on any atom is 0.416 e. The number of nitrogens with zero attached hydrogens (tertiary/aromatic N) is 2. The molecule has 1 amide bonds. The first-order valence-electron chi connectivity index (χ1n) is 10.0. The number of sulfonamides is 1. The van der Waals surface area contributed by atoms with Crippen LogP contribution < -0.4 is 27.1 Å². The Bertz CT molecular complexity index is 1240. The van der Waals surface area contributed by atoms with E-state index < -0.39 is 56.4 Å². The Labute approximate surface area is 198 Å². The number of hydrogen-bond donors (Lipinski definition) is 4. The van der Waals surface area contributed by atoms with Gasteiger partial charge in [0.25, 0.3) is 15.6 Å². The van der Waals surface area contributed by atoms with Crippen LogP contribution in [0, 0.1) is 0 Å². The molecule has 0 spiro atoms. The van der Waals surface area contributed by atoms with E-state index in [1.165, 1.54) is 12.3 Å². The van der Waals surface area contributed by atoms with Crippen LogP contribution in [0.25, 0.3) is 0 Å². The summed E-state index contributed by atoms with van der Waals surface area (Å²) in [6.07, 6.45) is -2.24. The summed E-state index contributed by atoms with van der Waals surface area (Å²) in [5.74, 6) is -0.793. The standard InChI is InChI=1S/C20H23F3N6O5S/c21-20(22,23)13-5-7-15(8-6-13)35(33,34)28-16-4-2-10-29(18(16)32)11-17(31)27-14(12-30)3-1-9-26-19(24)25/h2,4-8,10,12,14,28H,1,3,9,11H2,(H,27,31)(H4,24,25,26). The number of aldehydes is 1. The lowest BCUT2D eigenvalue weighted by Crippen LogP contribution is -2.40. The third kappa shape index (κ3) is 8.13. The number of halogens is 3. The number of hydrogen-bond acceptors (Lipinski definition) is 6. The van der Waals surface area contributed by atoms with Gasteiger partial charge in [0.15, 0.2) is 5.96 Å². The fraction of sp³-hybridized carbons (Fsp3) is 0.300. The lowest BCUT2D eigenvalue weighted by atomic mass is 10.2. The van der Waals surface area contributed by atoms with Gasteiger partial charge < -0.3 is 26.1 Å². The van der Waals surface area contributed by atoms with E-state index in [0.717, 1.165) is 22.8 Å². The normalized spacial score (nSPS) is 12.4. The summed E-state index contributed by atoms with van der Waals surface area (Å²) in [4.78, 5) is 39.4. The van der Waals surface area contributed by atoms with Crippen LogP contribution in [0.3, 0.4) is 0 Å². The van der Waals surface area contributed by atoms with Gasteiger partial charge in [-0.2, -0.15) is 13.2 Å².